The van der Waals surface area contributed by atoms with Gasteiger partial charge in [0.2, 0.25) is 5.95 Å². The number of anilines is 2. The zero-order chi connectivity index (χ0) is 17.8. The molecule has 2 heterocycles. The predicted molar refractivity (Wildman–Crippen MR) is 101 cm³/mol. The lowest BCUT2D eigenvalue weighted by Crippen LogP contribution is -2.34. The molecule has 0 radical (unpaired) electrons. The number of hydrogen-bond donors (Lipinski definition) is 1. The lowest BCUT2D eigenvalue weighted by atomic mass is 10.00. The van der Waals surface area contributed by atoms with Gasteiger partial charge in [-0.1, -0.05) is 32.0 Å². The molecule has 1 aliphatic rings. The predicted octanol–water partition coefficient (Wildman–Crippen LogP) is 3.84. The first-order chi connectivity index (χ1) is 12.1. The number of piperidine rings is 1. The molecule has 5 nitrogen and oxygen atoms in total. The maximum atomic E-state index is 12.7. The number of nitrogens with one attached hydrogen (secondary N) is 1. The number of carbonyl (C=O) groups is 1. The van der Waals surface area contributed by atoms with E-state index in [0.717, 1.165) is 55.1 Å². The van der Waals surface area contributed by atoms with Crippen LogP contribution in [0.25, 0.3) is 0 Å². The van der Waals surface area contributed by atoms with Crippen LogP contribution in [-0.4, -0.2) is 29.0 Å². The van der Waals surface area contributed by atoms with E-state index in [9.17, 15) is 4.79 Å². The van der Waals surface area contributed by atoms with Crippen LogP contribution in [0, 0.1) is 12.8 Å². The third kappa shape index (κ3) is 3.98. The number of aryl methyl sites for hydroxylation is 2. The van der Waals surface area contributed by atoms with Gasteiger partial charge in [-0.25, -0.2) is 9.97 Å². The molecule has 0 unspecified atom stereocenters. The van der Waals surface area contributed by atoms with Crippen LogP contribution in [0.15, 0.2) is 30.5 Å². The molecule has 1 saturated heterocycles. The van der Waals surface area contributed by atoms with Crippen LogP contribution in [0.5, 0.6) is 0 Å². The summed E-state index contributed by atoms with van der Waals surface area (Å²) in [6.07, 6.45) is 4.83. The fourth-order valence-electron chi connectivity index (χ4n) is 3.22. The van der Waals surface area contributed by atoms with E-state index >= 15 is 0 Å². The molecule has 1 aromatic carbocycles. The smallest absolute Gasteiger partial charge is 0.274 e. The molecular weight excluding hydrogens is 312 g/mol. The van der Waals surface area contributed by atoms with Gasteiger partial charge in [0, 0.05) is 25.0 Å². The molecule has 1 fully saturated rings. The van der Waals surface area contributed by atoms with Crippen LogP contribution in [-0.2, 0) is 6.42 Å². The highest BCUT2D eigenvalue weighted by atomic mass is 16.1. The highest BCUT2D eigenvalue weighted by Crippen LogP contribution is 2.23. The molecule has 0 aliphatic carbocycles. The van der Waals surface area contributed by atoms with Crippen LogP contribution in [0.1, 0.15) is 48.3 Å². The second kappa shape index (κ2) is 7.64. The van der Waals surface area contributed by atoms with Gasteiger partial charge in [0.15, 0.2) is 0 Å². The normalized spacial score (nSPS) is 15.2. The van der Waals surface area contributed by atoms with Crippen LogP contribution in [0.4, 0.5) is 11.6 Å². The van der Waals surface area contributed by atoms with Crippen molar-refractivity contribution in [2.45, 2.75) is 40.0 Å². The quantitative estimate of drug-likeness (QED) is 0.920. The molecule has 132 valence electrons. The summed E-state index contributed by atoms with van der Waals surface area (Å²) in [6.45, 7) is 8.27. The summed E-state index contributed by atoms with van der Waals surface area (Å²) in [5.74, 6) is 1.22. The minimum atomic E-state index is -0.182. The van der Waals surface area contributed by atoms with Crippen molar-refractivity contribution in [2.75, 3.05) is 23.3 Å². The summed E-state index contributed by atoms with van der Waals surface area (Å²) >= 11 is 0. The number of aromatic nitrogens is 2. The van der Waals surface area contributed by atoms with E-state index in [0.29, 0.717) is 11.6 Å². The SMILES string of the molecule is CCc1cccc(C)c1NC(=O)c1ccnc(N2CCC(C)CC2)n1. The summed E-state index contributed by atoms with van der Waals surface area (Å²) in [4.78, 5) is 23.7. The number of hydrogen-bond acceptors (Lipinski definition) is 4. The van der Waals surface area contributed by atoms with E-state index in [1.165, 1.54) is 0 Å². The first-order valence-electron chi connectivity index (χ1n) is 9.06. The molecule has 5 heteroatoms. The minimum Gasteiger partial charge on any atom is -0.341 e. The van der Waals surface area contributed by atoms with E-state index in [4.69, 9.17) is 0 Å². The first kappa shape index (κ1) is 17.4. The topological polar surface area (TPSA) is 58.1 Å². The Morgan fingerprint density at radius 3 is 2.76 bits per heavy atom. The fourth-order valence-corrected chi connectivity index (χ4v) is 3.22. The first-order valence-corrected chi connectivity index (χ1v) is 9.06. The maximum absolute atomic E-state index is 12.7. The molecule has 1 N–H and O–H groups in total. The summed E-state index contributed by atoms with van der Waals surface area (Å²) in [5.41, 5.74) is 3.50. The van der Waals surface area contributed by atoms with Crippen molar-refractivity contribution in [3.05, 3.63) is 47.3 Å². The van der Waals surface area contributed by atoms with Gasteiger partial charge in [-0.3, -0.25) is 4.79 Å². The zero-order valence-corrected chi connectivity index (χ0v) is 15.2. The van der Waals surface area contributed by atoms with Gasteiger partial charge in [0.25, 0.3) is 5.91 Å². The number of carbonyl (C=O) groups excluding carboxylic acids is 1. The Hall–Kier alpha value is -2.43. The van der Waals surface area contributed by atoms with Gasteiger partial charge in [-0.15, -0.1) is 0 Å². The molecule has 25 heavy (non-hydrogen) atoms. The summed E-state index contributed by atoms with van der Waals surface area (Å²) in [5, 5.41) is 3.04. The van der Waals surface area contributed by atoms with Gasteiger partial charge in [-0.05, 0) is 49.3 Å². The average Bonchev–Trinajstić information content (AvgIpc) is 2.64. The molecule has 1 aromatic heterocycles. The highest BCUT2D eigenvalue weighted by Gasteiger charge is 2.19. The van der Waals surface area contributed by atoms with E-state index in [1.54, 1.807) is 12.3 Å². The van der Waals surface area contributed by atoms with E-state index in [-0.39, 0.29) is 5.91 Å². The van der Waals surface area contributed by atoms with Crippen LogP contribution >= 0.6 is 0 Å². The number of amides is 1. The number of para-hydroxylation sites is 1. The van der Waals surface area contributed by atoms with Crippen molar-refractivity contribution in [2.24, 2.45) is 5.92 Å². The van der Waals surface area contributed by atoms with E-state index in [2.05, 4.69) is 34.0 Å². The molecule has 0 spiro atoms. The zero-order valence-electron chi connectivity index (χ0n) is 15.2. The molecule has 3 rings (SSSR count). The Morgan fingerprint density at radius 2 is 2.04 bits per heavy atom. The number of benzene rings is 1. The van der Waals surface area contributed by atoms with E-state index in [1.807, 2.05) is 25.1 Å². The Balaban J connectivity index is 1.78. The largest absolute Gasteiger partial charge is 0.341 e. The summed E-state index contributed by atoms with van der Waals surface area (Å²) < 4.78 is 0. The molecular formula is C20H26N4O. The van der Waals surface area contributed by atoms with Gasteiger partial charge < -0.3 is 10.2 Å². The molecule has 1 amide bonds. The van der Waals surface area contributed by atoms with Gasteiger partial charge in [0.1, 0.15) is 5.69 Å². The molecule has 2 aromatic rings. The van der Waals surface area contributed by atoms with Crippen molar-refractivity contribution in [3.63, 3.8) is 0 Å². The number of nitrogens with zero attached hydrogens (tertiary/aromatic N) is 3. The lowest BCUT2D eigenvalue weighted by Gasteiger charge is -2.30. The van der Waals surface area contributed by atoms with Crippen molar-refractivity contribution in [1.82, 2.24) is 9.97 Å². The minimum absolute atomic E-state index is 0.182. The van der Waals surface area contributed by atoms with Gasteiger partial charge in [-0.2, -0.15) is 0 Å². The maximum Gasteiger partial charge on any atom is 0.274 e. The van der Waals surface area contributed by atoms with Crippen LogP contribution < -0.4 is 10.2 Å². The van der Waals surface area contributed by atoms with Gasteiger partial charge >= 0.3 is 0 Å². The Kier molecular flexibility index (Phi) is 5.31. The molecule has 0 bridgehead atoms. The Morgan fingerprint density at radius 1 is 1.28 bits per heavy atom. The Bertz CT molecular complexity index is 751. The third-order valence-corrected chi connectivity index (χ3v) is 4.92. The monoisotopic (exact) mass is 338 g/mol. The highest BCUT2D eigenvalue weighted by molar-refractivity contribution is 6.03. The molecule has 0 saturated carbocycles. The fraction of sp³-hybridized carbons (Fsp3) is 0.450. The van der Waals surface area contributed by atoms with Crippen molar-refractivity contribution >= 4 is 17.5 Å². The summed E-state index contributed by atoms with van der Waals surface area (Å²) in [7, 11) is 0. The number of rotatable bonds is 4. The standard InChI is InChI=1S/C20H26N4O/c1-4-16-7-5-6-15(3)18(16)23-19(25)17-8-11-21-20(22-17)24-12-9-14(2)10-13-24/h5-8,11,14H,4,9-10,12-13H2,1-3H3,(H,23,25). The van der Waals surface area contributed by atoms with Gasteiger partial charge in [0.05, 0.1) is 0 Å². The van der Waals surface area contributed by atoms with Crippen molar-refractivity contribution < 1.29 is 4.79 Å². The summed E-state index contributed by atoms with van der Waals surface area (Å²) in [6, 6.07) is 7.75. The van der Waals surface area contributed by atoms with Crippen LogP contribution in [0.3, 0.4) is 0 Å². The van der Waals surface area contributed by atoms with Crippen LogP contribution in [0.2, 0.25) is 0 Å². The van der Waals surface area contributed by atoms with Crippen molar-refractivity contribution in [3.8, 4) is 0 Å². The second-order valence-corrected chi connectivity index (χ2v) is 6.83. The average molecular weight is 338 g/mol. The Labute approximate surface area is 149 Å². The third-order valence-electron chi connectivity index (χ3n) is 4.92. The lowest BCUT2D eigenvalue weighted by molar-refractivity contribution is 0.102. The molecule has 0 atom stereocenters. The van der Waals surface area contributed by atoms with Crippen molar-refractivity contribution in [1.29, 1.82) is 0 Å². The molecule has 1 aliphatic heterocycles. The second-order valence-electron chi connectivity index (χ2n) is 6.83. The van der Waals surface area contributed by atoms with E-state index < -0.39 is 0 Å².